The standard InChI is InChI=1S/C10H11NO2/c1-12-6-7-13-10-4-2-9(8-11)3-5-10/h2-5H,6-7H2,1H3. The molecule has 0 atom stereocenters. The quantitative estimate of drug-likeness (QED) is 0.656. The van der Waals surface area contributed by atoms with Crippen molar-refractivity contribution in [3.05, 3.63) is 29.8 Å². The fourth-order valence-electron chi connectivity index (χ4n) is 0.869. The molecule has 0 amide bonds. The summed E-state index contributed by atoms with van der Waals surface area (Å²) >= 11 is 0. The molecule has 0 radical (unpaired) electrons. The molecule has 0 spiro atoms. The SMILES string of the molecule is COCCOc1ccc(C#N)cc1. The Morgan fingerprint density at radius 3 is 2.46 bits per heavy atom. The van der Waals surface area contributed by atoms with Crippen molar-refractivity contribution in [1.29, 1.82) is 5.26 Å². The maximum Gasteiger partial charge on any atom is 0.119 e. The molecule has 0 saturated carbocycles. The monoisotopic (exact) mass is 177 g/mol. The van der Waals surface area contributed by atoms with Gasteiger partial charge in [-0.2, -0.15) is 5.26 Å². The van der Waals surface area contributed by atoms with E-state index >= 15 is 0 Å². The third-order valence-corrected chi connectivity index (χ3v) is 1.54. The lowest BCUT2D eigenvalue weighted by Gasteiger charge is -2.04. The summed E-state index contributed by atoms with van der Waals surface area (Å²) in [6.45, 7) is 1.10. The summed E-state index contributed by atoms with van der Waals surface area (Å²) in [6.07, 6.45) is 0. The van der Waals surface area contributed by atoms with Gasteiger partial charge in [0.1, 0.15) is 12.4 Å². The zero-order chi connectivity index (χ0) is 9.52. The molecule has 3 nitrogen and oxygen atoms in total. The highest BCUT2D eigenvalue weighted by molar-refractivity contribution is 5.34. The van der Waals surface area contributed by atoms with Crippen LogP contribution in [0.3, 0.4) is 0 Å². The molecular weight excluding hydrogens is 166 g/mol. The van der Waals surface area contributed by atoms with Crippen molar-refractivity contribution in [3.63, 3.8) is 0 Å². The number of hydrogen-bond acceptors (Lipinski definition) is 3. The van der Waals surface area contributed by atoms with Gasteiger partial charge >= 0.3 is 0 Å². The molecule has 1 aromatic carbocycles. The van der Waals surface area contributed by atoms with Gasteiger partial charge in [0.25, 0.3) is 0 Å². The van der Waals surface area contributed by atoms with Gasteiger partial charge in [-0.1, -0.05) is 0 Å². The number of hydrogen-bond donors (Lipinski definition) is 0. The van der Waals surface area contributed by atoms with Gasteiger partial charge in [0.05, 0.1) is 18.2 Å². The highest BCUT2D eigenvalue weighted by atomic mass is 16.5. The second kappa shape index (κ2) is 5.18. The summed E-state index contributed by atoms with van der Waals surface area (Å²) in [6, 6.07) is 9.03. The molecule has 0 N–H and O–H groups in total. The molecular formula is C10H11NO2. The third-order valence-electron chi connectivity index (χ3n) is 1.54. The summed E-state index contributed by atoms with van der Waals surface area (Å²) < 4.78 is 10.1. The summed E-state index contributed by atoms with van der Waals surface area (Å²) in [5.41, 5.74) is 0.638. The Kier molecular flexibility index (Phi) is 3.80. The molecule has 0 aliphatic carbocycles. The van der Waals surface area contributed by atoms with E-state index in [1.165, 1.54) is 0 Å². The van der Waals surface area contributed by atoms with Crippen molar-refractivity contribution < 1.29 is 9.47 Å². The van der Waals surface area contributed by atoms with Crippen LogP contribution < -0.4 is 4.74 Å². The summed E-state index contributed by atoms with van der Waals surface area (Å²) in [7, 11) is 1.63. The predicted octanol–water partition coefficient (Wildman–Crippen LogP) is 1.58. The minimum atomic E-state index is 0.530. The topological polar surface area (TPSA) is 42.2 Å². The van der Waals surface area contributed by atoms with Gasteiger partial charge in [-0.25, -0.2) is 0 Å². The Hall–Kier alpha value is -1.53. The van der Waals surface area contributed by atoms with Gasteiger partial charge in [-0.05, 0) is 24.3 Å². The second-order valence-corrected chi connectivity index (χ2v) is 2.48. The first-order valence-corrected chi connectivity index (χ1v) is 3.98. The zero-order valence-electron chi connectivity index (χ0n) is 7.49. The lowest BCUT2D eigenvalue weighted by atomic mass is 10.2. The molecule has 13 heavy (non-hydrogen) atoms. The van der Waals surface area contributed by atoms with Crippen LogP contribution in [-0.2, 0) is 4.74 Å². The molecule has 1 aromatic rings. The highest BCUT2D eigenvalue weighted by Crippen LogP contribution is 2.10. The maximum atomic E-state index is 8.53. The van der Waals surface area contributed by atoms with Crippen LogP contribution in [0.4, 0.5) is 0 Å². The number of benzene rings is 1. The fourth-order valence-corrected chi connectivity index (χ4v) is 0.869. The average Bonchev–Trinajstić information content (AvgIpc) is 2.19. The molecule has 0 aliphatic rings. The van der Waals surface area contributed by atoms with Crippen LogP contribution >= 0.6 is 0 Å². The van der Waals surface area contributed by atoms with Crippen LogP contribution in [0.1, 0.15) is 5.56 Å². The first-order valence-electron chi connectivity index (χ1n) is 3.98. The van der Waals surface area contributed by atoms with E-state index in [-0.39, 0.29) is 0 Å². The smallest absolute Gasteiger partial charge is 0.119 e. The molecule has 0 fully saturated rings. The van der Waals surface area contributed by atoms with Gasteiger partial charge in [0.2, 0.25) is 0 Å². The van der Waals surface area contributed by atoms with Crippen LogP contribution in [0.2, 0.25) is 0 Å². The van der Waals surface area contributed by atoms with E-state index in [1.807, 2.05) is 6.07 Å². The van der Waals surface area contributed by atoms with Crippen LogP contribution in [0, 0.1) is 11.3 Å². The molecule has 0 saturated heterocycles. The van der Waals surface area contributed by atoms with Gasteiger partial charge in [-0.3, -0.25) is 0 Å². The maximum absolute atomic E-state index is 8.53. The minimum absolute atomic E-state index is 0.530. The van der Waals surface area contributed by atoms with Crippen LogP contribution in [-0.4, -0.2) is 20.3 Å². The van der Waals surface area contributed by atoms with E-state index in [0.29, 0.717) is 18.8 Å². The molecule has 68 valence electrons. The van der Waals surface area contributed by atoms with Gasteiger partial charge < -0.3 is 9.47 Å². The van der Waals surface area contributed by atoms with Crippen LogP contribution in [0.15, 0.2) is 24.3 Å². The molecule has 3 heteroatoms. The Morgan fingerprint density at radius 1 is 1.23 bits per heavy atom. The highest BCUT2D eigenvalue weighted by Gasteiger charge is 1.93. The van der Waals surface area contributed by atoms with Crippen molar-refractivity contribution in [2.75, 3.05) is 20.3 Å². The van der Waals surface area contributed by atoms with Gasteiger partial charge in [-0.15, -0.1) is 0 Å². The van der Waals surface area contributed by atoms with E-state index in [0.717, 1.165) is 5.75 Å². The van der Waals surface area contributed by atoms with Gasteiger partial charge in [0.15, 0.2) is 0 Å². The van der Waals surface area contributed by atoms with Crippen LogP contribution in [0.25, 0.3) is 0 Å². The number of rotatable bonds is 4. The summed E-state index contributed by atoms with van der Waals surface area (Å²) in [5, 5.41) is 8.53. The Balaban J connectivity index is 2.46. The normalized spacial score (nSPS) is 9.23. The van der Waals surface area contributed by atoms with Gasteiger partial charge in [0, 0.05) is 7.11 Å². The van der Waals surface area contributed by atoms with E-state index in [4.69, 9.17) is 14.7 Å². The van der Waals surface area contributed by atoms with Crippen LogP contribution in [0.5, 0.6) is 5.75 Å². The largest absolute Gasteiger partial charge is 0.491 e. The molecule has 0 aliphatic heterocycles. The molecule has 0 aromatic heterocycles. The Bertz CT molecular complexity index is 287. The van der Waals surface area contributed by atoms with Crippen molar-refractivity contribution in [2.24, 2.45) is 0 Å². The lowest BCUT2D eigenvalue weighted by Crippen LogP contribution is -2.03. The number of ether oxygens (including phenoxy) is 2. The number of nitrogens with zero attached hydrogens (tertiary/aromatic N) is 1. The third kappa shape index (κ3) is 3.14. The Labute approximate surface area is 77.5 Å². The number of nitriles is 1. The molecule has 1 rings (SSSR count). The van der Waals surface area contributed by atoms with E-state index in [9.17, 15) is 0 Å². The van der Waals surface area contributed by atoms with Crippen molar-refractivity contribution in [2.45, 2.75) is 0 Å². The van der Waals surface area contributed by atoms with E-state index in [2.05, 4.69) is 0 Å². The number of methoxy groups -OCH3 is 1. The molecule has 0 heterocycles. The summed E-state index contributed by atoms with van der Waals surface area (Å²) in [4.78, 5) is 0. The fraction of sp³-hybridized carbons (Fsp3) is 0.300. The van der Waals surface area contributed by atoms with Crippen molar-refractivity contribution >= 4 is 0 Å². The molecule has 0 unspecified atom stereocenters. The van der Waals surface area contributed by atoms with E-state index in [1.54, 1.807) is 31.4 Å². The predicted molar refractivity (Wildman–Crippen MR) is 48.5 cm³/mol. The minimum Gasteiger partial charge on any atom is -0.491 e. The van der Waals surface area contributed by atoms with E-state index < -0.39 is 0 Å². The first-order chi connectivity index (χ1) is 6.36. The van der Waals surface area contributed by atoms with Crippen molar-refractivity contribution in [3.8, 4) is 11.8 Å². The Morgan fingerprint density at radius 2 is 1.92 bits per heavy atom. The summed E-state index contributed by atoms with van der Waals surface area (Å²) in [5.74, 6) is 0.760. The average molecular weight is 177 g/mol. The second-order valence-electron chi connectivity index (χ2n) is 2.48. The zero-order valence-corrected chi connectivity index (χ0v) is 7.49. The molecule has 0 bridgehead atoms. The first kappa shape index (κ1) is 9.56. The van der Waals surface area contributed by atoms with Crippen molar-refractivity contribution in [1.82, 2.24) is 0 Å². The lowest BCUT2D eigenvalue weighted by molar-refractivity contribution is 0.146.